The van der Waals surface area contributed by atoms with Crippen LogP contribution in [0.4, 0.5) is 11.4 Å². The third kappa shape index (κ3) is 7.57. The van der Waals surface area contributed by atoms with E-state index in [4.69, 9.17) is 0 Å². The molecule has 0 radical (unpaired) electrons. The lowest BCUT2D eigenvalue weighted by molar-refractivity contribution is -0.111. The van der Waals surface area contributed by atoms with E-state index < -0.39 is 0 Å². The fourth-order valence-electron chi connectivity index (χ4n) is 3.97. The topological polar surface area (TPSA) is 52.7 Å². The second-order valence-corrected chi connectivity index (χ2v) is 9.42. The van der Waals surface area contributed by atoms with Gasteiger partial charge in [0.25, 0.3) is 5.91 Å². The molecule has 0 saturated heterocycles. The van der Waals surface area contributed by atoms with Crippen LogP contribution < -0.4 is 10.2 Å². The van der Waals surface area contributed by atoms with Crippen LogP contribution in [0.1, 0.15) is 40.9 Å². The van der Waals surface area contributed by atoms with Crippen LogP contribution in [-0.4, -0.2) is 37.4 Å². The SMILES string of the molecule is Cc1cccc(C(=O)N(Cc2cc(NC(=O)/C=C/c3ccccc3)ccc2N(C)C)CC(C)C)c1. The molecule has 3 rings (SSSR count). The lowest BCUT2D eigenvalue weighted by Crippen LogP contribution is -2.34. The van der Waals surface area contributed by atoms with Crippen LogP contribution in [0.5, 0.6) is 0 Å². The maximum Gasteiger partial charge on any atom is 0.254 e. The minimum atomic E-state index is -0.202. The summed E-state index contributed by atoms with van der Waals surface area (Å²) >= 11 is 0. The molecule has 0 unspecified atom stereocenters. The van der Waals surface area contributed by atoms with Crippen molar-refractivity contribution in [1.82, 2.24) is 4.90 Å². The quantitative estimate of drug-likeness (QED) is 0.390. The number of hydrogen-bond donors (Lipinski definition) is 1. The molecular formula is C30H35N3O2. The Morgan fingerprint density at radius 1 is 0.943 bits per heavy atom. The second kappa shape index (κ2) is 12.0. The third-order valence-corrected chi connectivity index (χ3v) is 5.55. The summed E-state index contributed by atoms with van der Waals surface area (Å²) in [7, 11) is 3.96. The van der Waals surface area contributed by atoms with Gasteiger partial charge in [0.15, 0.2) is 0 Å². The van der Waals surface area contributed by atoms with E-state index in [1.807, 2.05) is 104 Å². The van der Waals surface area contributed by atoms with Gasteiger partial charge in [0.2, 0.25) is 5.91 Å². The van der Waals surface area contributed by atoms with Crippen molar-refractivity contribution in [3.63, 3.8) is 0 Å². The molecule has 0 saturated carbocycles. The monoisotopic (exact) mass is 469 g/mol. The van der Waals surface area contributed by atoms with E-state index in [1.54, 1.807) is 6.08 Å². The molecule has 2 amide bonds. The Bertz CT molecular complexity index is 1180. The summed E-state index contributed by atoms with van der Waals surface area (Å²) in [6, 6.07) is 23.2. The molecule has 182 valence electrons. The third-order valence-electron chi connectivity index (χ3n) is 5.55. The van der Waals surface area contributed by atoms with Gasteiger partial charge < -0.3 is 15.1 Å². The summed E-state index contributed by atoms with van der Waals surface area (Å²) in [4.78, 5) is 29.9. The lowest BCUT2D eigenvalue weighted by atomic mass is 10.1. The molecule has 1 N–H and O–H groups in total. The zero-order valence-corrected chi connectivity index (χ0v) is 21.3. The van der Waals surface area contributed by atoms with Gasteiger partial charge >= 0.3 is 0 Å². The van der Waals surface area contributed by atoms with Gasteiger partial charge in [0.05, 0.1) is 0 Å². The number of rotatable bonds is 9. The number of hydrogen-bond acceptors (Lipinski definition) is 3. The lowest BCUT2D eigenvalue weighted by Gasteiger charge is -2.28. The molecular weight excluding hydrogens is 434 g/mol. The predicted molar refractivity (Wildman–Crippen MR) is 146 cm³/mol. The molecule has 0 heterocycles. The average Bonchev–Trinajstić information content (AvgIpc) is 2.82. The van der Waals surface area contributed by atoms with Crippen molar-refractivity contribution in [1.29, 1.82) is 0 Å². The van der Waals surface area contributed by atoms with Crippen LogP contribution in [0.3, 0.4) is 0 Å². The van der Waals surface area contributed by atoms with Gasteiger partial charge in [-0.05, 0) is 60.4 Å². The maximum atomic E-state index is 13.4. The molecule has 3 aromatic carbocycles. The average molecular weight is 470 g/mol. The Labute approximate surface area is 209 Å². The molecule has 0 aromatic heterocycles. The Morgan fingerprint density at radius 2 is 1.69 bits per heavy atom. The van der Waals surface area contributed by atoms with E-state index in [-0.39, 0.29) is 11.8 Å². The molecule has 0 aliphatic rings. The van der Waals surface area contributed by atoms with Crippen LogP contribution in [0.25, 0.3) is 6.08 Å². The zero-order chi connectivity index (χ0) is 25.4. The van der Waals surface area contributed by atoms with E-state index in [2.05, 4.69) is 19.2 Å². The first-order chi connectivity index (χ1) is 16.7. The van der Waals surface area contributed by atoms with Crippen LogP contribution >= 0.6 is 0 Å². The summed E-state index contributed by atoms with van der Waals surface area (Å²) in [5.74, 6) is 0.122. The number of nitrogens with zero attached hydrogens (tertiary/aromatic N) is 2. The number of amides is 2. The number of carbonyl (C=O) groups is 2. The van der Waals surface area contributed by atoms with Gasteiger partial charge in [-0.3, -0.25) is 9.59 Å². The van der Waals surface area contributed by atoms with Gasteiger partial charge in [0.1, 0.15) is 0 Å². The van der Waals surface area contributed by atoms with Gasteiger partial charge in [-0.1, -0.05) is 61.9 Å². The Morgan fingerprint density at radius 3 is 2.34 bits per heavy atom. The number of carbonyl (C=O) groups excluding carboxylic acids is 2. The molecule has 3 aromatic rings. The Balaban J connectivity index is 1.85. The summed E-state index contributed by atoms with van der Waals surface area (Å²) in [5, 5.41) is 2.95. The van der Waals surface area contributed by atoms with Crippen molar-refractivity contribution in [3.8, 4) is 0 Å². The van der Waals surface area contributed by atoms with Crippen LogP contribution in [0, 0.1) is 12.8 Å². The van der Waals surface area contributed by atoms with Gasteiger partial charge in [-0.2, -0.15) is 0 Å². The fraction of sp³-hybridized carbons (Fsp3) is 0.267. The van der Waals surface area contributed by atoms with E-state index >= 15 is 0 Å². The van der Waals surface area contributed by atoms with E-state index in [1.165, 1.54) is 6.08 Å². The number of anilines is 2. The van der Waals surface area contributed by atoms with Crippen molar-refractivity contribution in [2.45, 2.75) is 27.3 Å². The molecule has 0 aliphatic heterocycles. The fourth-order valence-corrected chi connectivity index (χ4v) is 3.97. The molecule has 0 spiro atoms. The number of nitrogens with one attached hydrogen (secondary N) is 1. The normalized spacial score (nSPS) is 11.0. The minimum absolute atomic E-state index is 0.00680. The molecule has 0 bridgehead atoms. The summed E-state index contributed by atoms with van der Waals surface area (Å²) in [6.07, 6.45) is 3.32. The van der Waals surface area contributed by atoms with Crippen molar-refractivity contribution in [2.24, 2.45) is 5.92 Å². The van der Waals surface area contributed by atoms with Gasteiger partial charge in [0, 0.05) is 50.2 Å². The van der Waals surface area contributed by atoms with E-state index in [9.17, 15) is 9.59 Å². The molecule has 0 aliphatic carbocycles. The van der Waals surface area contributed by atoms with Gasteiger partial charge in [-0.25, -0.2) is 0 Å². The minimum Gasteiger partial charge on any atom is -0.377 e. The predicted octanol–water partition coefficient (Wildman–Crippen LogP) is 6.01. The summed E-state index contributed by atoms with van der Waals surface area (Å²) < 4.78 is 0. The van der Waals surface area contributed by atoms with Crippen molar-refractivity contribution >= 4 is 29.3 Å². The molecule has 0 fully saturated rings. The van der Waals surface area contributed by atoms with Crippen LogP contribution in [-0.2, 0) is 11.3 Å². The number of benzene rings is 3. The highest BCUT2D eigenvalue weighted by Gasteiger charge is 2.20. The van der Waals surface area contributed by atoms with Gasteiger partial charge in [-0.15, -0.1) is 0 Å². The summed E-state index contributed by atoms with van der Waals surface area (Å²) in [5.41, 5.74) is 5.39. The van der Waals surface area contributed by atoms with Crippen molar-refractivity contribution in [2.75, 3.05) is 30.9 Å². The van der Waals surface area contributed by atoms with Crippen molar-refractivity contribution in [3.05, 3.63) is 101 Å². The smallest absolute Gasteiger partial charge is 0.254 e. The van der Waals surface area contributed by atoms with E-state index in [0.717, 1.165) is 22.4 Å². The summed E-state index contributed by atoms with van der Waals surface area (Å²) in [6.45, 7) is 7.29. The Hall–Kier alpha value is -3.86. The maximum absolute atomic E-state index is 13.4. The molecule has 0 atom stereocenters. The second-order valence-electron chi connectivity index (χ2n) is 9.42. The standard InChI is InChI=1S/C30H35N3O2/c1-22(2)20-33(30(35)25-13-9-10-23(3)18-25)21-26-19-27(15-16-28(26)32(4)5)31-29(34)17-14-24-11-7-6-8-12-24/h6-19,22H,20-21H2,1-5H3,(H,31,34)/b17-14+. The largest absolute Gasteiger partial charge is 0.377 e. The highest BCUT2D eigenvalue weighted by molar-refractivity contribution is 6.02. The number of aryl methyl sites for hydroxylation is 1. The first kappa shape index (κ1) is 25.8. The first-order valence-electron chi connectivity index (χ1n) is 11.9. The highest BCUT2D eigenvalue weighted by Crippen LogP contribution is 2.26. The molecule has 35 heavy (non-hydrogen) atoms. The Kier molecular flexibility index (Phi) is 8.85. The zero-order valence-electron chi connectivity index (χ0n) is 21.3. The van der Waals surface area contributed by atoms with Crippen LogP contribution in [0.2, 0.25) is 0 Å². The first-order valence-corrected chi connectivity index (χ1v) is 11.9. The van der Waals surface area contributed by atoms with Crippen molar-refractivity contribution < 1.29 is 9.59 Å². The molecule has 5 heteroatoms. The van der Waals surface area contributed by atoms with Crippen LogP contribution in [0.15, 0.2) is 78.9 Å². The molecule has 5 nitrogen and oxygen atoms in total. The van der Waals surface area contributed by atoms with E-state index in [0.29, 0.717) is 30.3 Å². The highest BCUT2D eigenvalue weighted by atomic mass is 16.2.